The average Bonchev–Trinajstić information content (AvgIpc) is 2.31. The van der Waals surface area contributed by atoms with Crippen LogP contribution in [0.15, 0.2) is 11.8 Å². The smallest absolute Gasteiger partial charge is 0.0172 e. The quantitative estimate of drug-likeness (QED) is 0.474. The van der Waals surface area contributed by atoms with Crippen LogP contribution in [-0.2, 0) is 0 Å². The van der Waals surface area contributed by atoms with E-state index in [-0.39, 0.29) is 0 Å². The minimum Gasteiger partial charge on any atom is -0.375 e. The molecule has 0 amide bonds. The number of hydrogen-bond donors (Lipinski definition) is 0. The maximum Gasteiger partial charge on any atom is 0.0172 e. The van der Waals surface area contributed by atoms with Crippen LogP contribution in [-0.4, -0.2) is 18.0 Å². The summed E-state index contributed by atoms with van der Waals surface area (Å²) in [5.74, 6) is 0. The number of unbranched alkanes of at least 4 members (excludes halogenated alkanes) is 3. The highest BCUT2D eigenvalue weighted by molar-refractivity contribution is 5.01. The molecule has 0 spiro atoms. The zero-order valence-corrected chi connectivity index (χ0v) is 11.9. The van der Waals surface area contributed by atoms with E-state index in [0.717, 1.165) is 6.54 Å². The topological polar surface area (TPSA) is 3.24 Å². The molecule has 0 saturated heterocycles. The van der Waals surface area contributed by atoms with Gasteiger partial charge in [-0.25, -0.2) is 0 Å². The van der Waals surface area contributed by atoms with E-state index in [1.807, 2.05) is 0 Å². The van der Waals surface area contributed by atoms with Crippen LogP contribution in [0, 0.1) is 0 Å². The van der Waals surface area contributed by atoms with E-state index in [1.165, 1.54) is 51.5 Å². The van der Waals surface area contributed by atoms with Gasteiger partial charge in [-0.15, -0.1) is 0 Å². The van der Waals surface area contributed by atoms with Crippen molar-refractivity contribution in [3.8, 4) is 0 Å². The van der Waals surface area contributed by atoms with E-state index in [4.69, 9.17) is 0 Å². The van der Waals surface area contributed by atoms with Gasteiger partial charge in [0.05, 0.1) is 0 Å². The van der Waals surface area contributed by atoms with Crippen LogP contribution in [0.3, 0.4) is 0 Å². The molecule has 0 aliphatic heterocycles. The van der Waals surface area contributed by atoms with Crippen molar-refractivity contribution in [1.29, 1.82) is 0 Å². The Morgan fingerprint density at radius 2 is 1.62 bits per heavy atom. The second-order valence-electron chi connectivity index (χ2n) is 4.52. The first kappa shape index (κ1) is 15.5. The predicted octanol–water partition coefficient (Wildman–Crippen LogP) is 4.98. The summed E-state index contributed by atoms with van der Waals surface area (Å²) < 4.78 is 0. The van der Waals surface area contributed by atoms with Crippen molar-refractivity contribution in [2.24, 2.45) is 0 Å². The van der Waals surface area contributed by atoms with Crippen LogP contribution in [0.1, 0.15) is 72.6 Å². The van der Waals surface area contributed by atoms with Gasteiger partial charge in [-0.1, -0.05) is 46.1 Å². The van der Waals surface area contributed by atoms with E-state index in [9.17, 15) is 0 Å². The van der Waals surface area contributed by atoms with E-state index in [2.05, 4.69) is 38.7 Å². The zero-order valence-electron chi connectivity index (χ0n) is 11.9. The van der Waals surface area contributed by atoms with Gasteiger partial charge in [0.15, 0.2) is 0 Å². The molecule has 0 aromatic rings. The monoisotopic (exact) mass is 225 g/mol. The van der Waals surface area contributed by atoms with E-state index >= 15 is 0 Å². The third kappa shape index (κ3) is 6.92. The lowest BCUT2D eigenvalue weighted by molar-refractivity contribution is 0.345. The first-order valence-electron chi connectivity index (χ1n) is 7.23. The molecular formula is C15H31N. The second kappa shape index (κ2) is 11.0. The van der Waals surface area contributed by atoms with Gasteiger partial charge in [0.25, 0.3) is 0 Å². The predicted molar refractivity (Wildman–Crippen MR) is 74.7 cm³/mol. The highest BCUT2D eigenvalue weighted by Gasteiger charge is 2.05. The minimum absolute atomic E-state index is 1.16. The SMILES string of the molecule is CCCCC=C(CCCC)N(CC)CCC. The molecule has 0 saturated carbocycles. The lowest BCUT2D eigenvalue weighted by Crippen LogP contribution is -2.23. The minimum atomic E-state index is 1.16. The van der Waals surface area contributed by atoms with Crippen molar-refractivity contribution in [1.82, 2.24) is 4.90 Å². The average molecular weight is 225 g/mol. The molecule has 1 nitrogen and oxygen atoms in total. The lowest BCUT2D eigenvalue weighted by atomic mass is 10.1. The van der Waals surface area contributed by atoms with Crippen molar-refractivity contribution >= 4 is 0 Å². The Labute approximate surface area is 103 Å². The Hall–Kier alpha value is -0.460. The summed E-state index contributed by atoms with van der Waals surface area (Å²) >= 11 is 0. The van der Waals surface area contributed by atoms with Crippen LogP contribution in [0.25, 0.3) is 0 Å². The van der Waals surface area contributed by atoms with Gasteiger partial charge in [-0.05, 0) is 32.6 Å². The molecule has 0 heterocycles. The molecule has 0 unspecified atom stereocenters. The molecule has 0 rings (SSSR count). The van der Waals surface area contributed by atoms with Crippen molar-refractivity contribution in [2.45, 2.75) is 72.6 Å². The fraction of sp³-hybridized carbons (Fsp3) is 0.867. The highest BCUT2D eigenvalue weighted by Crippen LogP contribution is 2.15. The molecule has 0 fully saturated rings. The summed E-state index contributed by atoms with van der Waals surface area (Å²) in [6, 6.07) is 0. The van der Waals surface area contributed by atoms with E-state index < -0.39 is 0 Å². The van der Waals surface area contributed by atoms with Crippen LogP contribution < -0.4 is 0 Å². The number of allylic oxidation sites excluding steroid dienone is 2. The maximum atomic E-state index is 2.56. The van der Waals surface area contributed by atoms with Crippen molar-refractivity contribution in [2.75, 3.05) is 13.1 Å². The van der Waals surface area contributed by atoms with Crippen molar-refractivity contribution in [3.05, 3.63) is 11.8 Å². The number of rotatable bonds is 10. The summed E-state index contributed by atoms with van der Waals surface area (Å²) in [7, 11) is 0. The number of hydrogen-bond acceptors (Lipinski definition) is 1. The van der Waals surface area contributed by atoms with Gasteiger partial charge < -0.3 is 4.90 Å². The summed E-state index contributed by atoms with van der Waals surface area (Å²) in [4.78, 5) is 2.56. The molecule has 0 atom stereocenters. The second-order valence-corrected chi connectivity index (χ2v) is 4.52. The van der Waals surface area contributed by atoms with Gasteiger partial charge in [-0.3, -0.25) is 0 Å². The van der Waals surface area contributed by atoms with Gasteiger partial charge in [0.2, 0.25) is 0 Å². The molecule has 0 aliphatic carbocycles. The van der Waals surface area contributed by atoms with Crippen LogP contribution in [0.2, 0.25) is 0 Å². The third-order valence-electron chi connectivity index (χ3n) is 3.01. The molecule has 0 aliphatic rings. The van der Waals surface area contributed by atoms with Crippen molar-refractivity contribution < 1.29 is 0 Å². The zero-order chi connectivity index (χ0) is 12.2. The molecule has 1 heteroatoms. The first-order chi connectivity index (χ1) is 7.79. The van der Waals surface area contributed by atoms with Gasteiger partial charge in [0.1, 0.15) is 0 Å². The lowest BCUT2D eigenvalue weighted by Gasteiger charge is -2.26. The Morgan fingerprint density at radius 1 is 0.938 bits per heavy atom. The van der Waals surface area contributed by atoms with E-state index in [0.29, 0.717) is 0 Å². The van der Waals surface area contributed by atoms with E-state index in [1.54, 1.807) is 5.70 Å². The normalized spacial score (nSPS) is 11.9. The third-order valence-corrected chi connectivity index (χ3v) is 3.01. The maximum absolute atomic E-state index is 2.56. The Kier molecular flexibility index (Phi) is 10.7. The molecule has 16 heavy (non-hydrogen) atoms. The molecular weight excluding hydrogens is 194 g/mol. The largest absolute Gasteiger partial charge is 0.375 e. The molecule has 0 aromatic carbocycles. The summed E-state index contributed by atoms with van der Waals surface area (Å²) in [5.41, 5.74) is 1.60. The van der Waals surface area contributed by atoms with Crippen LogP contribution >= 0.6 is 0 Å². The standard InChI is InChI=1S/C15H31N/c1-5-9-11-13-15(12-10-6-2)16(8-4)14-7-3/h13H,5-12,14H2,1-4H3. The van der Waals surface area contributed by atoms with Crippen LogP contribution in [0.5, 0.6) is 0 Å². The molecule has 0 bridgehead atoms. The number of nitrogens with zero attached hydrogens (tertiary/aromatic N) is 1. The molecule has 0 N–H and O–H groups in total. The van der Waals surface area contributed by atoms with Crippen LogP contribution in [0.4, 0.5) is 0 Å². The van der Waals surface area contributed by atoms with Gasteiger partial charge >= 0.3 is 0 Å². The Morgan fingerprint density at radius 3 is 2.12 bits per heavy atom. The van der Waals surface area contributed by atoms with Gasteiger partial charge in [-0.2, -0.15) is 0 Å². The summed E-state index contributed by atoms with van der Waals surface area (Å²) in [5, 5.41) is 0. The molecule has 0 aromatic heterocycles. The molecule has 0 radical (unpaired) electrons. The Balaban J connectivity index is 4.29. The van der Waals surface area contributed by atoms with Gasteiger partial charge in [0, 0.05) is 18.8 Å². The molecule has 96 valence electrons. The fourth-order valence-electron chi connectivity index (χ4n) is 1.99. The summed E-state index contributed by atoms with van der Waals surface area (Å²) in [6.45, 7) is 11.5. The fourth-order valence-corrected chi connectivity index (χ4v) is 1.99. The van der Waals surface area contributed by atoms with Crippen molar-refractivity contribution in [3.63, 3.8) is 0 Å². The first-order valence-corrected chi connectivity index (χ1v) is 7.23. The highest BCUT2D eigenvalue weighted by atomic mass is 15.1. The Bertz CT molecular complexity index is 172. The summed E-state index contributed by atoms with van der Waals surface area (Å²) in [6.07, 6.45) is 11.5.